The van der Waals surface area contributed by atoms with Crippen LogP contribution in [0.1, 0.15) is 81.1 Å². The Labute approximate surface area is 246 Å². The Balaban J connectivity index is 2.12. The predicted molar refractivity (Wildman–Crippen MR) is 162 cm³/mol. The molecular formula is C32H52N2O5S. The van der Waals surface area contributed by atoms with Gasteiger partial charge in [0.15, 0.2) is 0 Å². The highest BCUT2D eigenvalue weighted by atomic mass is 32.2. The topological polar surface area (TPSA) is 87.2 Å². The van der Waals surface area contributed by atoms with Gasteiger partial charge in [-0.1, -0.05) is 53.7 Å². The van der Waals surface area contributed by atoms with Gasteiger partial charge in [0.2, 0.25) is 11.8 Å². The third kappa shape index (κ3) is 5.77. The number of thioether (sulfide) groups is 1. The Hall–Kier alpha value is -1.80. The number of amides is 2. The number of aliphatic hydroxyl groups is 1. The second-order valence-electron chi connectivity index (χ2n) is 14.2. The van der Waals surface area contributed by atoms with Gasteiger partial charge < -0.3 is 19.6 Å². The van der Waals surface area contributed by atoms with Crippen LogP contribution in [0, 0.1) is 29.1 Å². The van der Waals surface area contributed by atoms with Gasteiger partial charge in [-0.05, 0) is 56.8 Å². The van der Waals surface area contributed by atoms with Gasteiger partial charge in [-0.2, -0.15) is 0 Å². The lowest BCUT2D eigenvalue weighted by Crippen LogP contribution is -2.63. The summed E-state index contributed by atoms with van der Waals surface area (Å²) >= 11 is 1.65. The standard InChI is InChI=1S/C32H52N2O5S/c1-11-13-14-16-39-29(38)24-23-17-21(5)32(40-23)25(24)27(36)34(22(18-35)20(3)4)26(32)28(37)33(15-12-2)31(9,10)19-30(6,7)8/h11-12,20-26,35H,1-2,13-19H2,3-10H3/t21?,22-,23-,24+,25-,26?,32?/m0/s1. The molecule has 1 spiro atoms. The minimum Gasteiger partial charge on any atom is -0.465 e. The highest BCUT2D eigenvalue weighted by Gasteiger charge is 2.77. The van der Waals surface area contributed by atoms with Gasteiger partial charge in [0.1, 0.15) is 6.04 Å². The number of ether oxygens (including phenoxy) is 1. The van der Waals surface area contributed by atoms with E-state index in [1.807, 2.05) is 18.7 Å². The van der Waals surface area contributed by atoms with Crippen LogP contribution in [0.15, 0.2) is 25.3 Å². The minimum atomic E-state index is -0.785. The van der Waals surface area contributed by atoms with Crippen LogP contribution in [0.3, 0.4) is 0 Å². The molecule has 226 valence electrons. The van der Waals surface area contributed by atoms with Gasteiger partial charge in [-0.3, -0.25) is 14.4 Å². The van der Waals surface area contributed by atoms with Crippen LogP contribution < -0.4 is 0 Å². The zero-order valence-electron chi connectivity index (χ0n) is 25.9. The number of aliphatic hydroxyl groups excluding tert-OH is 1. The van der Waals surface area contributed by atoms with Crippen LogP contribution in [0.4, 0.5) is 0 Å². The van der Waals surface area contributed by atoms with Gasteiger partial charge in [0.05, 0.1) is 35.8 Å². The SMILES string of the molecule is C=CCCCOC(=O)[C@@H]1[C@@H]2CC(C)C3(S2)C(C(=O)N(CC=C)C(C)(C)CC(C)(C)C)N([C@@H](CO)C(C)C)C(=O)[C@H]13. The Morgan fingerprint density at radius 3 is 2.40 bits per heavy atom. The van der Waals surface area contributed by atoms with E-state index < -0.39 is 34.2 Å². The lowest BCUT2D eigenvalue weighted by atomic mass is 9.66. The lowest BCUT2D eigenvalue weighted by Gasteiger charge is -2.48. The summed E-state index contributed by atoms with van der Waals surface area (Å²) in [7, 11) is 0. The Morgan fingerprint density at radius 2 is 1.88 bits per heavy atom. The number of hydrogen-bond donors (Lipinski definition) is 1. The van der Waals surface area contributed by atoms with Crippen LogP contribution in [0.25, 0.3) is 0 Å². The molecule has 0 aromatic carbocycles. The van der Waals surface area contributed by atoms with Crippen LogP contribution in [-0.2, 0) is 19.1 Å². The summed E-state index contributed by atoms with van der Waals surface area (Å²) in [6.07, 6.45) is 6.48. The quantitative estimate of drug-likeness (QED) is 0.187. The molecular weight excluding hydrogens is 524 g/mol. The van der Waals surface area contributed by atoms with Crippen molar-refractivity contribution in [3.63, 3.8) is 0 Å². The summed E-state index contributed by atoms with van der Waals surface area (Å²) < 4.78 is 4.94. The van der Waals surface area contributed by atoms with Gasteiger partial charge >= 0.3 is 5.97 Å². The third-order valence-electron chi connectivity index (χ3n) is 9.07. The van der Waals surface area contributed by atoms with E-state index in [0.29, 0.717) is 13.0 Å². The fourth-order valence-electron chi connectivity index (χ4n) is 7.79. The number of unbranched alkanes of at least 4 members (excludes halogenated alkanes) is 1. The molecule has 7 nitrogen and oxygen atoms in total. The fraction of sp³-hybridized carbons (Fsp3) is 0.781. The van der Waals surface area contributed by atoms with E-state index in [1.54, 1.807) is 28.8 Å². The number of allylic oxidation sites excluding steroid dienone is 1. The van der Waals surface area contributed by atoms with E-state index in [-0.39, 0.29) is 53.5 Å². The maximum absolute atomic E-state index is 14.9. The first-order chi connectivity index (χ1) is 18.6. The molecule has 0 saturated carbocycles. The molecule has 0 aromatic heterocycles. The minimum absolute atomic E-state index is 0.0327. The van der Waals surface area contributed by atoms with Gasteiger partial charge in [-0.25, -0.2) is 0 Å². The molecule has 3 saturated heterocycles. The molecule has 0 radical (unpaired) electrons. The molecule has 3 aliphatic heterocycles. The van der Waals surface area contributed by atoms with E-state index in [2.05, 4.69) is 54.7 Å². The van der Waals surface area contributed by atoms with Crippen molar-refractivity contribution in [2.24, 2.45) is 29.1 Å². The average molecular weight is 577 g/mol. The summed E-state index contributed by atoms with van der Waals surface area (Å²) in [4.78, 5) is 46.5. The van der Waals surface area contributed by atoms with Crippen LogP contribution in [-0.4, -0.2) is 80.1 Å². The molecule has 0 aromatic rings. The monoisotopic (exact) mass is 576 g/mol. The van der Waals surface area contributed by atoms with Crippen molar-refractivity contribution in [2.75, 3.05) is 19.8 Å². The first kappa shape index (κ1) is 32.7. The largest absolute Gasteiger partial charge is 0.465 e. The molecule has 1 N–H and O–H groups in total. The zero-order chi connectivity index (χ0) is 30.2. The predicted octanol–water partition coefficient (Wildman–Crippen LogP) is 5.08. The third-order valence-corrected chi connectivity index (χ3v) is 11.1. The second kappa shape index (κ2) is 12.2. The van der Waals surface area contributed by atoms with E-state index in [9.17, 15) is 19.5 Å². The maximum atomic E-state index is 14.9. The zero-order valence-corrected chi connectivity index (χ0v) is 26.8. The number of nitrogens with zero attached hydrogens (tertiary/aromatic N) is 2. The Kier molecular flexibility index (Phi) is 9.98. The van der Waals surface area contributed by atoms with Crippen LogP contribution >= 0.6 is 11.8 Å². The van der Waals surface area contributed by atoms with Crippen LogP contribution in [0.5, 0.6) is 0 Å². The van der Waals surface area contributed by atoms with Gasteiger partial charge in [0.25, 0.3) is 0 Å². The van der Waals surface area contributed by atoms with Crippen molar-refractivity contribution in [1.82, 2.24) is 9.80 Å². The highest BCUT2D eigenvalue weighted by Crippen LogP contribution is 2.69. The Morgan fingerprint density at radius 1 is 1.23 bits per heavy atom. The van der Waals surface area contributed by atoms with Crippen molar-refractivity contribution in [3.05, 3.63) is 25.3 Å². The van der Waals surface area contributed by atoms with E-state index in [1.165, 1.54) is 0 Å². The summed E-state index contributed by atoms with van der Waals surface area (Å²) in [5.41, 5.74) is -0.539. The fourth-order valence-corrected chi connectivity index (χ4v) is 10.2. The molecule has 3 unspecified atom stereocenters. The number of fused-ring (bicyclic) bond motifs is 1. The van der Waals surface area contributed by atoms with Crippen molar-refractivity contribution >= 4 is 29.5 Å². The molecule has 2 bridgehead atoms. The maximum Gasteiger partial charge on any atom is 0.310 e. The smallest absolute Gasteiger partial charge is 0.310 e. The molecule has 8 heteroatoms. The molecule has 3 heterocycles. The van der Waals surface area contributed by atoms with Gasteiger partial charge in [0, 0.05) is 17.3 Å². The Bertz CT molecular complexity index is 988. The van der Waals surface area contributed by atoms with Crippen molar-refractivity contribution in [1.29, 1.82) is 0 Å². The molecule has 3 fully saturated rings. The lowest BCUT2D eigenvalue weighted by molar-refractivity contribution is -0.155. The first-order valence-corrected chi connectivity index (χ1v) is 15.8. The normalized spacial score (nSPS) is 30.4. The molecule has 2 amide bonds. The average Bonchev–Trinajstić information content (AvgIpc) is 3.42. The number of rotatable bonds is 13. The molecule has 3 aliphatic rings. The van der Waals surface area contributed by atoms with E-state index >= 15 is 0 Å². The van der Waals surface area contributed by atoms with E-state index in [0.717, 1.165) is 19.3 Å². The second-order valence-corrected chi connectivity index (χ2v) is 15.7. The van der Waals surface area contributed by atoms with Crippen molar-refractivity contribution in [3.8, 4) is 0 Å². The molecule has 7 atom stereocenters. The first-order valence-electron chi connectivity index (χ1n) is 14.9. The summed E-state index contributed by atoms with van der Waals surface area (Å²) in [6, 6.07) is -1.32. The van der Waals surface area contributed by atoms with Crippen molar-refractivity contribution < 1.29 is 24.2 Å². The summed E-state index contributed by atoms with van der Waals surface area (Å²) in [5.74, 6) is -1.95. The molecule has 3 rings (SSSR count). The van der Waals surface area contributed by atoms with E-state index in [4.69, 9.17) is 4.74 Å². The number of carbonyl (C=O) groups is 3. The number of likely N-dealkylation sites (tertiary alicyclic amines) is 1. The summed E-state index contributed by atoms with van der Waals surface area (Å²) in [6.45, 7) is 24.7. The highest BCUT2D eigenvalue weighted by molar-refractivity contribution is 8.02. The molecule has 40 heavy (non-hydrogen) atoms. The number of esters is 1. The summed E-state index contributed by atoms with van der Waals surface area (Å²) in [5, 5.41) is 10.5. The van der Waals surface area contributed by atoms with Crippen LogP contribution in [0.2, 0.25) is 0 Å². The molecule has 0 aliphatic carbocycles. The number of hydrogen-bond acceptors (Lipinski definition) is 6. The van der Waals surface area contributed by atoms with Gasteiger partial charge in [-0.15, -0.1) is 24.9 Å². The van der Waals surface area contributed by atoms with Crippen molar-refractivity contribution in [2.45, 2.75) is 109 Å². The number of carbonyl (C=O) groups excluding carboxylic acids is 3.